The Balaban J connectivity index is 1.61. The molecule has 0 bridgehead atoms. The molecule has 6 nitrogen and oxygen atoms in total. The van der Waals surface area contributed by atoms with Gasteiger partial charge in [0.05, 0.1) is 0 Å². The standard InChI is InChI=1S/C27H27F2N3O3/c1-3-30-26(34)23-13-17-6-4-5-7-19(17)15-32(23)27(35)18-9-8-16(2)22(12-18)31-14-20-21(28)10-11-24(33)25(20)29/h4-12,23,31,33H,3,13-15H2,1-2H3,(H,30,34)/t23-/m0/s1. The van der Waals surface area contributed by atoms with Crippen LogP contribution in [-0.4, -0.2) is 34.4 Å². The zero-order valence-corrected chi connectivity index (χ0v) is 19.6. The van der Waals surface area contributed by atoms with Gasteiger partial charge in [0.15, 0.2) is 11.6 Å². The number of hydrogen-bond acceptors (Lipinski definition) is 4. The minimum absolute atomic E-state index is 0.212. The second kappa shape index (κ2) is 10.1. The maximum absolute atomic E-state index is 14.2. The van der Waals surface area contributed by atoms with E-state index in [1.165, 1.54) is 0 Å². The van der Waals surface area contributed by atoms with Gasteiger partial charge in [-0.15, -0.1) is 0 Å². The summed E-state index contributed by atoms with van der Waals surface area (Å²) in [4.78, 5) is 28.0. The number of benzene rings is 3. The molecule has 0 aromatic heterocycles. The van der Waals surface area contributed by atoms with Crippen LogP contribution in [0.25, 0.3) is 0 Å². The molecule has 1 atom stereocenters. The average Bonchev–Trinajstić information content (AvgIpc) is 2.86. The van der Waals surface area contributed by atoms with Crippen LogP contribution in [0.15, 0.2) is 54.6 Å². The molecule has 0 radical (unpaired) electrons. The average molecular weight is 480 g/mol. The van der Waals surface area contributed by atoms with Crippen molar-refractivity contribution >= 4 is 17.5 Å². The lowest BCUT2D eigenvalue weighted by Gasteiger charge is -2.36. The van der Waals surface area contributed by atoms with Gasteiger partial charge in [0.1, 0.15) is 11.9 Å². The van der Waals surface area contributed by atoms with Crippen LogP contribution in [0, 0.1) is 18.6 Å². The van der Waals surface area contributed by atoms with Crippen molar-refractivity contribution in [3.63, 3.8) is 0 Å². The predicted octanol–water partition coefficient (Wildman–Crippen LogP) is 4.29. The molecule has 3 N–H and O–H groups in total. The number of amides is 2. The Morgan fingerprint density at radius 1 is 1.09 bits per heavy atom. The number of aryl methyl sites for hydroxylation is 1. The molecule has 0 unspecified atom stereocenters. The summed E-state index contributed by atoms with van der Waals surface area (Å²) in [6.45, 7) is 4.17. The second-order valence-corrected chi connectivity index (χ2v) is 8.56. The van der Waals surface area contributed by atoms with Crippen LogP contribution in [0.5, 0.6) is 5.75 Å². The summed E-state index contributed by atoms with van der Waals surface area (Å²) in [7, 11) is 0. The fourth-order valence-electron chi connectivity index (χ4n) is 4.30. The van der Waals surface area contributed by atoms with Crippen LogP contribution in [-0.2, 0) is 24.3 Å². The van der Waals surface area contributed by atoms with Gasteiger partial charge >= 0.3 is 0 Å². The van der Waals surface area contributed by atoms with Crippen LogP contribution in [0.2, 0.25) is 0 Å². The van der Waals surface area contributed by atoms with Crippen LogP contribution < -0.4 is 10.6 Å². The molecule has 8 heteroatoms. The fourth-order valence-corrected chi connectivity index (χ4v) is 4.30. The predicted molar refractivity (Wildman–Crippen MR) is 129 cm³/mol. The Morgan fingerprint density at radius 2 is 1.83 bits per heavy atom. The molecule has 4 rings (SSSR count). The van der Waals surface area contributed by atoms with Crippen molar-refractivity contribution in [1.82, 2.24) is 10.2 Å². The largest absolute Gasteiger partial charge is 0.505 e. The highest BCUT2D eigenvalue weighted by atomic mass is 19.1. The van der Waals surface area contributed by atoms with Crippen molar-refractivity contribution in [3.05, 3.63) is 94.0 Å². The number of halogens is 2. The first-order valence-electron chi connectivity index (χ1n) is 11.5. The molecule has 1 aliphatic heterocycles. The third kappa shape index (κ3) is 4.96. The van der Waals surface area contributed by atoms with Crippen molar-refractivity contribution in [2.24, 2.45) is 0 Å². The Bertz CT molecular complexity index is 1280. The molecule has 0 fully saturated rings. The summed E-state index contributed by atoms with van der Waals surface area (Å²) in [6, 6.07) is 14.1. The van der Waals surface area contributed by atoms with E-state index in [2.05, 4.69) is 10.6 Å². The first-order valence-corrected chi connectivity index (χ1v) is 11.5. The van der Waals surface area contributed by atoms with E-state index < -0.39 is 23.4 Å². The van der Waals surface area contributed by atoms with Gasteiger partial charge < -0.3 is 20.6 Å². The molecule has 0 spiro atoms. The molecular formula is C27H27F2N3O3. The van der Waals surface area contributed by atoms with Gasteiger partial charge in [0.2, 0.25) is 5.91 Å². The highest BCUT2D eigenvalue weighted by Crippen LogP contribution is 2.28. The van der Waals surface area contributed by atoms with Crippen molar-refractivity contribution < 1.29 is 23.5 Å². The van der Waals surface area contributed by atoms with E-state index in [0.29, 0.717) is 30.8 Å². The fraction of sp³-hybridized carbons (Fsp3) is 0.259. The summed E-state index contributed by atoms with van der Waals surface area (Å²) in [6.07, 6.45) is 0.417. The van der Waals surface area contributed by atoms with E-state index >= 15 is 0 Å². The number of phenols is 1. The van der Waals surface area contributed by atoms with Gasteiger partial charge in [-0.05, 0) is 54.8 Å². The molecular weight excluding hydrogens is 452 g/mol. The molecule has 1 heterocycles. The molecule has 35 heavy (non-hydrogen) atoms. The number of hydrogen-bond donors (Lipinski definition) is 3. The molecule has 0 saturated carbocycles. The SMILES string of the molecule is CCNC(=O)[C@@H]1Cc2ccccc2CN1C(=O)c1ccc(C)c(NCc2c(F)ccc(O)c2F)c1. The number of fused-ring (bicyclic) bond motifs is 1. The lowest BCUT2D eigenvalue weighted by Crippen LogP contribution is -2.52. The van der Waals surface area contributed by atoms with Gasteiger partial charge in [-0.2, -0.15) is 0 Å². The highest BCUT2D eigenvalue weighted by molar-refractivity contribution is 5.98. The Morgan fingerprint density at radius 3 is 2.57 bits per heavy atom. The monoisotopic (exact) mass is 479 g/mol. The van der Waals surface area contributed by atoms with E-state index in [4.69, 9.17) is 0 Å². The number of carbonyl (C=O) groups excluding carboxylic acids is 2. The minimum atomic E-state index is -1.03. The highest BCUT2D eigenvalue weighted by Gasteiger charge is 2.34. The molecule has 2 amide bonds. The van der Waals surface area contributed by atoms with E-state index in [0.717, 1.165) is 28.8 Å². The molecule has 3 aromatic carbocycles. The quantitative estimate of drug-likeness (QED) is 0.493. The molecule has 0 aliphatic carbocycles. The third-order valence-corrected chi connectivity index (χ3v) is 6.27. The van der Waals surface area contributed by atoms with Gasteiger partial charge in [-0.3, -0.25) is 9.59 Å². The van der Waals surface area contributed by atoms with Gasteiger partial charge in [0.25, 0.3) is 5.91 Å². The zero-order valence-electron chi connectivity index (χ0n) is 19.6. The summed E-state index contributed by atoms with van der Waals surface area (Å²) in [5.41, 5.74) is 3.36. The number of anilines is 1. The van der Waals surface area contributed by atoms with Crippen LogP contribution in [0.3, 0.4) is 0 Å². The van der Waals surface area contributed by atoms with Crippen LogP contribution in [0.1, 0.15) is 39.5 Å². The normalized spacial score (nSPS) is 14.9. The van der Waals surface area contributed by atoms with E-state index in [-0.39, 0.29) is 23.9 Å². The maximum Gasteiger partial charge on any atom is 0.254 e. The van der Waals surface area contributed by atoms with E-state index in [1.54, 1.807) is 30.0 Å². The summed E-state index contributed by atoms with van der Waals surface area (Å²) in [5.74, 6) is -2.97. The second-order valence-electron chi connectivity index (χ2n) is 8.56. The molecule has 1 aliphatic rings. The maximum atomic E-state index is 14.2. The Kier molecular flexibility index (Phi) is 7.00. The number of phenolic OH excluding ortho intramolecular Hbond substituents is 1. The van der Waals surface area contributed by atoms with Crippen molar-refractivity contribution in [2.75, 3.05) is 11.9 Å². The smallest absolute Gasteiger partial charge is 0.254 e. The topological polar surface area (TPSA) is 81.7 Å². The van der Waals surface area contributed by atoms with Gasteiger partial charge in [-0.1, -0.05) is 30.3 Å². The number of likely N-dealkylation sites (N-methyl/N-ethyl adjacent to an activating group) is 1. The van der Waals surface area contributed by atoms with Crippen molar-refractivity contribution in [3.8, 4) is 5.75 Å². The summed E-state index contributed by atoms with van der Waals surface area (Å²) < 4.78 is 28.3. The van der Waals surface area contributed by atoms with Crippen LogP contribution in [0.4, 0.5) is 14.5 Å². The first-order chi connectivity index (χ1) is 16.8. The van der Waals surface area contributed by atoms with Gasteiger partial charge in [0, 0.05) is 42.9 Å². The minimum Gasteiger partial charge on any atom is -0.505 e. The lowest BCUT2D eigenvalue weighted by molar-refractivity contribution is -0.126. The number of carbonyl (C=O) groups is 2. The Labute approximate surface area is 202 Å². The number of aromatic hydroxyl groups is 1. The molecule has 0 saturated heterocycles. The van der Waals surface area contributed by atoms with Crippen LogP contribution >= 0.6 is 0 Å². The van der Waals surface area contributed by atoms with E-state index in [1.807, 2.05) is 31.2 Å². The number of nitrogens with zero attached hydrogens (tertiary/aromatic N) is 1. The summed E-state index contributed by atoms with van der Waals surface area (Å²) >= 11 is 0. The Hall–Kier alpha value is -3.94. The number of nitrogens with one attached hydrogen (secondary N) is 2. The molecule has 182 valence electrons. The van der Waals surface area contributed by atoms with Crippen molar-refractivity contribution in [2.45, 2.75) is 39.4 Å². The third-order valence-electron chi connectivity index (χ3n) is 6.27. The number of rotatable bonds is 6. The first kappa shape index (κ1) is 24.2. The van der Waals surface area contributed by atoms with Crippen molar-refractivity contribution in [1.29, 1.82) is 0 Å². The molecule has 3 aromatic rings. The summed E-state index contributed by atoms with van der Waals surface area (Å²) in [5, 5.41) is 15.3. The lowest BCUT2D eigenvalue weighted by atomic mass is 9.92. The zero-order chi connectivity index (χ0) is 25.1. The van der Waals surface area contributed by atoms with E-state index in [9.17, 15) is 23.5 Å². The van der Waals surface area contributed by atoms with Gasteiger partial charge in [-0.25, -0.2) is 8.78 Å².